The lowest BCUT2D eigenvalue weighted by Crippen LogP contribution is -2.43. The van der Waals surface area contributed by atoms with Crippen molar-refractivity contribution >= 4 is 23.2 Å². The van der Waals surface area contributed by atoms with Crippen LogP contribution in [0.25, 0.3) is 0 Å². The van der Waals surface area contributed by atoms with Crippen LogP contribution in [0.3, 0.4) is 0 Å². The van der Waals surface area contributed by atoms with Crippen molar-refractivity contribution in [3.05, 3.63) is 40.7 Å². The number of hydrogen-bond acceptors (Lipinski definition) is 7. The number of nitrogens with zero attached hydrogens (tertiary/aromatic N) is 4. The van der Waals surface area contributed by atoms with Gasteiger partial charge in [-0.1, -0.05) is 0 Å². The van der Waals surface area contributed by atoms with Crippen molar-refractivity contribution in [1.29, 1.82) is 0 Å². The van der Waals surface area contributed by atoms with Gasteiger partial charge in [-0.05, 0) is 31.4 Å². The highest BCUT2D eigenvalue weighted by Crippen LogP contribution is 2.31. The number of pyridine rings is 1. The van der Waals surface area contributed by atoms with Crippen LogP contribution >= 0.6 is 11.6 Å². The number of methoxy groups -OCH3 is 1. The molecule has 0 unspecified atom stereocenters. The Bertz CT molecular complexity index is 877. The fourth-order valence-electron chi connectivity index (χ4n) is 3.12. The van der Waals surface area contributed by atoms with Crippen molar-refractivity contribution in [3.8, 4) is 0 Å². The van der Waals surface area contributed by atoms with E-state index in [-0.39, 0.29) is 29.2 Å². The lowest BCUT2D eigenvalue weighted by molar-refractivity contribution is 0.0349. The largest absolute Gasteiger partial charge is 0.390 e. The number of aromatic nitrogens is 3. The zero-order chi connectivity index (χ0) is 21.2. The molecule has 0 amide bonds. The molecule has 0 spiro atoms. The summed E-state index contributed by atoms with van der Waals surface area (Å²) in [6.07, 6.45) is 1.73. The smallest absolute Gasteiger partial charge is 0.226 e. The predicted octanol–water partition coefficient (Wildman–Crippen LogP) is 3.09. The Morgan fingerprint density at radius 1 is 1.31 bits per heavy atom. The van der Waals surface area contributed by atoms with E-state index >= 15 is 4.39 Å². The number of anilines is 2. The molecule has 1 aliphatic rings. The van der Waals surface area contributed by atoms with Crippen LogP contribution in [0.5, 0.6) is 0 Å². The van der Waals surface area contributed by atoms with E-state index in [1.807, 2.05) is 0 Å². The van der Waals surface area contributed by atoms with E-state index in [1.165, 1.54) is 7.11 Å². The predicted molar refractivity (Wildman–Crippen MR) is 101 cm³/mol. The fourth-order valence-corrected chi connectivity index (χ4v) is 3.28. The number of nitrogens with one attached hydrogen (secondary N) is 1. The topological polar surface area (TPSA) is 83.4 Å². The van der Waals surface area contributed by atoms with Crippen LogP contribution in [0, 0.1) is 17.5 Å². The van der Waals surface area contributed by atoms with E-state index in [0.29, 0.717) is 32.0 Å². The minimum absolute atomic E-state index is 0.0216. The first-order chi connectivity index (χ1) is 13.7. The Balaban J connectivity index is 1.90. The Hall–Kier alpha value is -2.17. The summed E-state index contributed by atoms with van der Waals surface area (Å²) in [5.74, 6) is -2.79. The number of hydrogen-bond donors (Lipinski definition) is 2. The van der Waals surface area contributed by atoms with Crippen LogP contribution in [-0.4, -0.2) is 52.5 Å². The Kier molecular flexibility index (Phi) is 6.45. The summed E-state index contributed by atoms with van der Waals surface area (Å²) in [6, 6.07) is -0.267. The molecule has 11 heteroatoms. The van der Waals surface area contributed by atoms with Crippen molar-refractivity contribution in [2.75, 3.05) is 37.0 Å². The molecule has 2 N–H and O–H groups in total. The molecule has 0 aromatic carbocycles. The Labute approximate surface area is 170 Å². The molecule has 29 heavy (non-hydrogen) atoms. The summed E-state index contributed by atoms with van der Waals surface area (Å²) >= 11 is 5.98. The first-order valence-corrected chi connectivity index (χ1v) is 9.35. The highest BCUT2D eigenvalue weighted by molar-refractivity contribution is 6.28. The van der Waals surface area contributed by atoms with Crippen LogP contribution in [0.4, 0.5) is 24.8 Å². The van der Waals surface area contributed by atoms with Crippen molar-refractivity contribution in [3.63, 3.8) is 0 Å². The minimum atomic E-state index is -0.948. The van der Waals surface area contributed by atoms with Gasteiger partial charge in [-0.2, -0.15) is 14.4 Å². The maximum absolute atomic E-state index is 15.1. The highest BCUT2D eigenvalue weighted by Gasteiger charge is 2.31. The zero-order valence-electron chi connectivity index (χ0n) is 15.9. The quantitative estimate of drug-likeness (QED) is 0.680. The molecule has 1 fully saturated rings. The second kappa shape index (κ2) is 8.68. The third-order valence-electron chi connectivity index (χ3n) is 4.76. The third-order valence-corrected chi connectivity index (χ3v) is 4.93. The fraction of sp³-hybridized carbons (Fsp3) is 0.500. The molecule has 0 aliphatic carbocycles. The van der Waals surface area contributed by atoms with Gasteiger partial charge in [0.15, 0.2) is 11.6 Å². The van der Waals surface area contributed by atoms with Crippen molar-refractivity contribution in [2.24, 2.45) is 0 Å². The van der Waals surface area contributed by atoms with Gasteiger partial charge in [0, 0.05) is 26.3 Å². The molecule has 3 rings (SSSR count). The lowest BCUT2D eigenvalue weighted by atomic mass is 9.94. The van der Waals surface area contributed by atoms with Gasteiger partial charge in [-0.15, -0.1) is 0 Å². The Morgan fingerprint density at radius 2 is 2.00 bits per heavy atom. The van der Waals surface area contributed by atoms with E-state index in [4.69, 9.17) is 16.3 Å². The summed E-state index contributed by atoms with van der Waals surface area (Å²) in [4.78, 5) is 13.2. The van der Waals surface area contributed by atoms with Crippen LogP contribution in [0.2, 0.25) is 5.28 Å². The van der Waals surface area contributed by atoms with Gasteiger partial charge in [-0.3, -0.25) is 4.98 Å². The van der Waals surface area contributed by atoms with Gasteiger partial charge < -0.3 is 20.1 Å². The average molecular weight is 432 g/mol. The molecular weight excluding hydrogens is 411 g/mol. The maximum Gasteiger partial charge on any atom is 0.226 e. The second-order valence-corrected chi connectivity index (χ2v) is 7.47. The van der Waals surface area contributed by atoms with Gasteiger partial charge in [0.1, 0.15) is 17.3 Å². The Morgan fingerprint density at radius 3 is 2.62 bits per heavy atom. The highest BCUT2D eigenvalue weighted by atomic mass is 35.5. The van der Waals surface area contributed by atoms with E-state index in [0.717, 1.165) is 6.20 Å². The summed E-state index contributed by atoms with van der Waals surface area (Å²) in [5, 5.41) is 12.6. The standard InChI is InChI=1S/C18H21ClF3N5O2/c1-18(28)3-5-27(6-4-18)16-13(22)15(25-17(19)26-16)24-12(9-29-2)14-11(21)7-10(20)8-23-14/h7-8,12,28H,3-6,9H2,1-2H3,(H,24,25,26)/t12-/m0/s1. The summed E-state index contributed by atoms with van der Waals surface area (Å²) in [6.45, 7) is 2.40. The van der Waals surface area contributed by atoms with Crippen LogP contribution < -0.4 is 10.2 Å². The molecule has 2 aromatic heterocycles. The summed E-state index contributed by atoms with van der Waals surface area (Å²) in [7, 11) is 1.38. The van der Waals surface area contributed by atoms with Crippen molar-refractivity contribution in [2.45, 2.75) is 31.4 Å². The number of ether oxygens (including phenoxy) is 1. The molecule has 0 bridgehead atoms. The molecular formula is C18H21ClF3N5O2. The van der Waals surface area contributed by atoms with E-state index < -0.39 is 29.1 Å². The molecule has 7 nitrogen and oxygen atoms in total. The van der Waals surface area contributed by atoms with Crippen molar-refractivity contribution < 1.29 is 23.0 Å². The zero-order valence-corrected chi connectivity index (χ0v) is 16.7. The van der Waals surface area contributed by atoms with E-state index in [2.05, 4.69) is 20.3 Å². The van der Waals surface area contributed by atoms with E-state index in [9.17, 15) is 13.9 Å². The number of rotatable bonds is 6. The van der Waals surface area contributed by atoms with Crippen LogP contribution in [0.15, 0.2) is 12.3 Å². The number of piperidine rings is 1. The van der Waals surface area contributed by atoms with Gasteiger partial charge in [0.05, 0.1) is 24.4 Å². The normalized spacial score (nSPS) is 17.3. The summed E-state index contributed by atoms with van der Waals surface area (Å²) in [5.41, 5.74) is -0.974. The molecule has 2 aromatic rings. The van der Waals surface area contributed by atoms with E-state index in [1.54, 1.807) is 11.8 Å². The van der Waals surface area contributed by atoms with Crippen molar-refractivity contribution in [1.82, 2.24) is 15.0 Å². The minimum Gasteiger partial charge on any atom is -0.390 e. The van der Waals surface area contributed by atoms with Gasteiger partial charge in [-0.25, -0.2) is 8.78 Å². The molecule has 1 saturated heterocycles. The number of aliphatic hydroxyl groups is 1. The lowest BCUT2D eigenvalue weighted by Gasteiger charge is -2.36. The molecule has 1 atom stereocenters. The first kappa shape index (κ1) is 21.5. The second-order valence-electron chi connectivity index (χ2n) is 7.14. The average Bonchev–Trinajstić information content (AvgIpc) is 2.64. The summed E-state index contributed by atoms with van der Waals surface area (Å²) < 4.78 is 47.5. The molecule has 0 radical (unpaired) electrons. The maximum atomic E-state index is 15.1. The third kappa shape index (κ3) is 5.06. The van der Waals surface area contributed by atoms with Crippen LogP contribution in [-0.2, 0) is 4.74 Å². The number of halogens is 4. The molecule has 3 heterocycles. The molecule has 1 aliphatic heterocycles. The first-order valence-electron chi connectivity index (χ1n) is 8.97. The molecule has 0 saturated carbocycles. The SMILES string of the molecule is COC[C@H](Nc1nc(Cl)nc(N2CCC(C)(O)CC2)c1F)c1ncc(F)cc1F. The monoisotopic (exact) mass is 431 g/mol. The van der Waals surface area contributed by atoms with Gasteiger partial charge in [0.2, 0.25) is 11.1 Å². The van der Waals surface area contributed by atoms with Crippen LogP contribution in [0.1, 0.15) is 31.5 Å². The van der Waals surface area contributed by atoms with Gasteiger partial charge in [0.25, 0.3) is 0 Å². The molecule has 158 valence electrons. The van der Waals surface area contributed by atoms with Gasteiger partial charge >= 0.3 is 0 Å².